The van der Waals surface area contributed by atoms with Gasteiger partial charge in [0.25, 0.3) is 0 Å². The van der Waals surface area contributed by atoms with E-state index in [1.165, 1.54) is 0 Å². The summed E-state index contributed by atoms with van der Waals surface area (Å²) < 4.78 is 5.08. The molecule has 6 heteroatoms. The molecule has 1 aromatic rings. The Morgan fingerprint density at radius 3 is 2.86 bits per heavy atom. The van der Waals surface area contributed by atoms with Gasteiger partial charge in [-0.25, -0.2) is 4.98 Å². The van der Waals surface area contributed by atoms with Gasteiger partial charge in [0.05, 0.1) is 24.4 Å². The third-order valence-electron chi connectivity index (χ3n) is 3.70. The number of esters is 1. The fourth-order valence-corrected chi connectivity index (χ4v) is 2.53. The number of aliphatic hydroxyl groups is 1. The number of anilines is 1. The Bertz CT molecular complexity index is 459. The zero-order valence-corrected chi connectivity index (χ0v) is 12.5. The van der Waals surface area contributed by atoms with E-state index in [4.69, 9.17) is 9.84 Å². The van der Waals surface area contributed by atoms with Crippen molar-refractivity contribution < 1.29 is 14.6 Å². The Morgan fingerprint density at radius 1 is 1.43 bits per heavy atom. The van der Waals surface area contributed by atoms with Crippen molar-refractivity contribution in [3.63, 3.8) is 0 Å². The molecular formula is C15H23N3O3. The van der Waals surface area contributed by atoms with Crippen LogP contribution >= 0.6 is 0 Å². The van der Waals surface area contributed by atoms with Gasteiger partial charge in [0, 0.05) is 25.9 Å². The molecule has 6 nitrogen and oxygen atoms in total. The van der Waals surface area contributed by atoms with Crippen LogP contribution < -0.4 is 4.90 Å². The molecule has 0 aromatic carbocycles. The molecule has 1 saturated heterocycles. The average Bonchev–Trinajstić information content (AvgIpc) is 2.53. The average molecular weight is 293 g/mol. The quantitative estimate of drug-likeness (QED) is 0.794. The number of carbonyl (C=O) groups excluding carboxylic acids is 1. The Balaban J connectivity index is 1.91. The molecule has 1 N–H and O–H groups in total. The van der Waals surface area contributed by atoms with Crippen LogP contribution in [0.3, 0.4) is 0 Å². The van der Waals surface area contributed by atoms with Gasteiger partial charge in [0.15, 0.2) is 0 Å². The van der Waals surface area contributed by atoms with E-state index in [0.29, 0.717) is 13.0 Å². The van der Waals surface area contributed by atoms with E-state index in [2.05, 4.69) is 14.9 Å². The van der Waals surface area contributed by atoms with E-state index in [0.717, 1.165) is 43.9 Å². The van der Waals surface area contributed by atoms with Crippen LogP contribution in [0, 0.1) is 5.92 Å². The lowest BCUT2D eigenvalue weighted by atomic mass is 9.97. The highest BCUT2D eigenvalue weighted by Gasteiger charge is 2.26. The molecule has 0 atom stereocenters. The largest absolute Gasteiger partial charge is 0.466 e. The Hall–Kier alpha value is -1.69. The van der Waals surface area contributed by atoms with Crippen molar-refractivity contribution in [3.8, 4) is 0 Å². The minimum atomic E-state index is -0.0834. The Morgan fingerprint density at radius 2 is 2.19 bits per heavy atom. The summed E-state index contributed by atoms with van der Waals surface area (Å²) in [6.07, 6.45) is 6.51. The summed E-state index contributed by atoms with van der Waals surface area (Å²) >= 11 is 0. The molecular weight excluding hydrogens is 270 g/mol. The fraction of sp³-hybridized carbons (Fsp3) is 0.667. The van der Waals surface area contributed by atoms with Crippen LogP contribution in [-0.2, 0) is 16.0 Å². The summed E-state index contributed by atoms with van der Waals surface area (Å²) in [5.41, 5.74) is 0.897. The Kier molecular flexibility index (Phi) is 5.92. The summed E-state index contributed by atoms with van der Waals surface area (Å²) in [6, 6.07) is 0. The highest BCUT2D eigenvalue weighted by atomic mass is 16.5. The normalized spacial score (nSPS) is 16.0. The molecule has 1 aliphatic rings. The molecule has 0 bridgehead atoms. The molecule has 0 unspecified atom stereocenters. The number of hydrogen-bond donors (Lipinski definition) is 1. The van der Waals surface area contributed by atoms with Gasteiger partial charge < -0.3 is 14.7 Å². The van der Waals surface area contributed by atoms with E-state index in [1.54, 1.807) is 12.4 Å². The second-order valence-corrected chi connectivity index (χ2v) is 5.21. The van der Waals surface area contributed by atoms with E-state index in [9.17, 15) is 4.79 Å². The van der Waals surface area contributed by atoms with Crippen LogP contribution in [0.2, 0.25) is 0 Å². The van der Waals surface area contributed by atoms with Crippen molar-refractivity contribution in [2.45, 2.75) is 32.6 Å². The highest BCUT2D eigenvalue weighted by molar-refractivity contribution is 5.72. The smallest absolute Gasteiger partial charge is 0.309 e. The first-order valence-corrected chi connectivity index (χ1v) is 7.58. The molecule has 1 aliphatic heterocycles. The van der Waals surface area contributed by atoms with Gasteiger partial charge in [-0.1, -0.05) is 0 Å². The van der Waals surface area contributed by atoms with E-state index in [1.807, 2.05) is 6.92 Å². The zero-order chi connectivity index (χ0) is 15.1. The molecule has 0 saturated carbocycles. The van der Waals surface area contributed by atoms with Crippen LogP contribution in [-0.4, -0.2) is 47.3 Å². The molecule has 2 rings (SSSR count). The third kappa shape index (κ3) is 4.39. The standard InChI is InChI=1S/C15H23N3O3/c1-2-21-15(20)12-5-7-18(8-6-12)14-11-16-10-13(17-14)4-3-9-19/h10-12,19H,2-9H2,1H3. The minimum absolute atomic E-state index is 0.00623. The topological polar surface area (TPSA) is 75.5 Å². The number of rotatable bonds is 6. The molecule has 0 aliphatic carbocycles. The summed E-state index contributed by atoms with van der Waals surface area (Å²) in [6.45, 7) is 4.03. The van der Waals surface area contributed by atoms with Gasteiger partial charge >= 0.3 is 5.97 Å². The molecule has 0 amide bonds. The number of aryl methyl sites for hydroxylation is 1. The van der Waals surface area contributed by atoms with Crippen molar-refractivity contribution in [2.24, 2.45) is 5.92 Å². The number of aliphatic hydroxyl groups excluding tert-OH is 1. The maximum atomic E-state index is 11.7. The van der Waals surface area contributed by atoms with Gasteiger partial charge in [0.2, 0.25) is 0 Å². The fourth-order valence-electron chi connectivity index (χ4n) is 2.53. The molecule has 0 spiro atoms. The van der Waals surface area contributed by atoms with Gasteiger partial charge in [-0.15, -0.1) is 0 Å². The van der Waals surface area contributed by atoms with Gasteiger partial charge in [-0.2, -0.15) is 0 Å². The number of carbonyl (C=O) groups is 1. The number of aromatic nitrogens is 2. The van der Waals surface area contributed by atoms with E-state index >= 15 is 0 Å². The van der Waals surface area contributed by atoms with Crippen LogP contribution in [0.15, 0.2) is 12.4 Å². The number of piperidine rings is 1. The van der Waals surface area contributed by atoms with Crippen LogP contribution in [0.4, 0.5) is 5.82 Å². The van der Waals surface area contributed by atoms with E-state index in [-0.39, 0.29) is 18.5 Å². The highest BCUT2D eigenvalue weighted by Crippen LogP contribution is 2.22. The maximum absolute atomic E-state index is 11.7. The predicted molar refractivity (Wildman–Crippen MR) is 79.0 cm³/mol. The first-order valence-electron chi connectivity index (χ1n) is 7.58. The van der Waals surface area contributed by atoms with Crippen LogP contribution in [0.5, 0.6) is 0 Å². The molecule has 21 heavy (non-hydrogen) atoms. The minimum Gasteiger partial charge on any atom is -0.466 e. The predicted octanol–water partition coefficient (Wildman–Crippen LogP) is 1.18. The summed E-state index contributed by atoms with van der Waals surface area (Å²) in [7, 11) is 0. The van der Waals surface area contributed by atoms with Crippen molar-refractivity contribution in [3.05, 3.63) is 18.1 Å². The molecule has 1 aromatic heterocycles. The zero-order valence-electron chi connectivity index (χ0n) is 12.5. The monoisotopic (exact) mass is 293 g/mol. The molecule has 1 fully saturated rings. The lowest BCUT2D eigenvalue weighted by Gasteiger charge is -2.31. The lowest BCUT2D eigenvalue weighted by Crippen LogP contribution is -2.37. The lowest BCUT2D eigenvalue weighted by molar-refractivity contribution is -0.148. The SMILES string of the molecule is CCOC(=O)C1CCN(c2cncc(CCCO)n2)CC1. The van der Waals surface area contributed by atoms with Gasteiger partial charge in [-0.05, 0) is 32.6 Å². The van der Waals surface area contributed by atoms with E-state index < -0.39 is 0 Å². The number of nitrogens with zero attached hydrogens (tertiary/aromatic N) is 3. The van der Waals surface area contributed by atoms with Crippen molar-refractivity contribution in [1.29, 1.82) is 0 Å². The number of ether oxygens (including phenoxy) is 1. The molecule has 2 heterocycles. The van der Waals surface area contributed by atoms with Crippen LogP contribution in [0.1, 0.15) is 31.9 Å². The van der Waals surface area contributed by atoms with Crippen molar-refractivity contribution in [1.82, 2.24) is 9.97 Å². The third-order valence-corrected chi connectivity index (χ3v) is 3.70. The maximum Gasteiger partial charge on any atom is 0.309 e. The van der Waals surface area contributed by atoms with Gasteiger partial charge in [-0.3, -0.25) is 9.78 Å². The summed E-state index contributed by atoms with van der Waals surface area (Å²) in [4.78, 5) is 22.7. The van der Waals surface area contributed by atoms with Gasteiger partial charge in [0.1, 0.15) is 5.82 Å². The second kappa shape index (κ2) is 7.93. The molecule has 0 radical (unpaired) electrons. The second-order valence-electron chi connectivity index (χ2n) is 5.21. The first kappa shape index (κ1) is 15.7. The van der Waals surface area contributed by atoms with Crippen LogP contribution in [0.25, 0.3) is 0 Å². The summed E-state index contributed by atoms with van der Waals surface area (Å²) in [5, 5.41) is 8.87. The van der Waals surface area contributed by atoms with Crippen molar-refractivity contribution >= 4 is 11.8 Å². The Labute approximate surface area is 125 Å². The van der Waals surface area contributed by atoms with Crippen molar-refractivity contribution in [2.75, 3.05) is 31.2 Å². The summed E-state index contributed by atoms with van der Waals surface area (Å²) in [5.74, 6) is 0.777. The first-order chi connectivity index (χ1) is 10.2. The number of hydrogen-bond acceptors (Lipinski definition) is 6. The molecule has 116 valence electrons.